The van der Waals surface area contributed by atoms with Crippen molar-refractivity contribution in [1.82, 2.24) is 25.2 Å². The van der Waals surface area contributed by atoms with E-state index in [2.05, 4.69) is 20.3 Å². The van der Waals surface area contributed by atoms with Gasteiger partial charge in [-0.05, 0) is 58.9 Å². The third-order valence-electron chi connectivity index (χ3n) is 7.23. The van der Waals surface area contributed by atoms with Crippen LogP contribution in [0.1, 0.15) is 56.1 Å². The maximum atomic E-state index is 14.6. The van der Waals surface area contributed by atoms with Crippen molar-refractivity contribution in [2.75, 3.05) is 26.8 Å². The van der Waals surface area contributed by atoms with Crippen LogP contribution in [-0.2, 0) is 4.74 Å². The summed E-state index contributed by atoms with van der Waals surface area (Å²) in [5.41, 5.74) is 2.02. The average molecular weight is 570 g/mol. The van der Waals surface area contributed by atoms with Crippen molar-refractivity contribution in [2.24, 2.45) is 5.92 Å². The first-order valence-electron chi connectivity index (χ1n) is 13.8. The van der Waals surface area contributed by atoms with Crippen LogP contribution in [0.5, 0.6) is 11.5 Å². The molecular weight excluding hydrogens is 533 g/mol. The van der Waals surface area contributed by atoms with E-state index >= 15 is 0 Å². The predicted octanol–water partition coefficient (Wildman–Crippen LogP) is 3.97. The molecule has 2 aliphatic rings. The highest BCUT2D eigenvalue weighted by Crippen LogP contribution is 2.39. The second kappa shape index (κ2) is 11.2. The summed E-state index contributed by atoms with van der Waals surface area (Å²) in [5.74, 6) is -0.152. The van der Waals surface area contributed by atoms with Gasteiger partial charge in [-0.15, -0.1) is 0 Å². The van der Waals surface area contributed by atoms with Gasteiger partial charge in [0.1, 0.15) is 28.9 Å². The maximum Gasteiger partial charge on any atom is 0.410 e. The number of benzene rings is 1. The van der Waals surface area contributed by atoms with Crippen LogP contribution in [0.3, 0.4) is 0 Å². The number of amides is 2. The number of hydrogen-bond acceptors (Lipinski definition) is 8. The fourth-order valence-corrected chi connectivity index (χ4v) is 4.92. The molecule has 2 amide bonds. The number of hydrogen-bond donors (Lipinski definition) is 3. The molecule has 3 aromatic rings. The first-order valence-corrected chi connectivity index (χ1v) is 13.8. The van der Waals surface area contributed by atoms with Gasteiger partial charge in [0.25, 0.3) is 5.91 Å². The molecule has 3 N–H and O–H groups in total. The molecule has 0 unspecified atom stereocenters. The molecule has 41 heavy (non-hydrogen) atoms. The van der Waals surface area contributed by atoms with Gasteiger partial charge in [-0.2, -0.15) is 0 Å². The summed E-state index contributed by atoms with van der Waals surface area (Å²) in [4.78, 5) is 39.4. The highest BCUT2D eigenvalue weighted by molar-refractivity contribution is 6.09. The SMILES string of the molecule is COc1cc(-c2ncnc3c(C(=O)N[C@@H]4CCN(C(=O)OC(C)(C)C)C[C@H]4O)c(C)[nH]c23)c(OCC2CC2)cc1F. The number of nitrogens with zero attached hydrogens (tertiary/aromatic N) is 3. The van der Waals surface area contributed by atoms with Crippen LogP contribution >= 0.6 is 0 Å². The fraction of sp³-hybridized carbons (Fsp3) is 0.517. The smallest absolute Gasteiger partial charge is 0.410 e. The van der Waals surface area contributed by atoms with E-state index in [9.17, 15) is 19.1 Å². The summed E-state index contributed by atoms with van der Waals surface area (Å²) in [7, 11) is 1.39. The van der Waals surface area contributed by atoms with E-state index in [1.165, 1.54) is 30.5 Å². The minimum absolute atomic E-state index is 0.0368. The van der Waals surface area contributed by atoms with E-state index < -0.39 is 35.6 Å². The lowest BCUT2D eigenvalue weighted by atomic mass is 10.0. The van der Waals surface area contributed by atoms with Crippen LogP contribution in [0.2, 0.25) is 0 Å². The minimum atomic E-state index is -0.978. The molecule has 1 aliphatic heterocycles. The highest BCUT2D eigenvalue weighted by Gasteiger charge is 2.34. The number of ether oxygens (including phenoxy) is 3. The van der Waals surface area contributed by atoms with Crippen LogP contribution < -0.4 is 14.8 Å². The molecular formula is C29H36FN5O6. The number of aliphatic hydroxyl groups excluding tert-OH is 1. The molecule has 1 saturated heterocycles. The van der Waals surface area contributed by atoms with Gasteiger partial charge in [0, 0.05) is 23.9 Å². The van der Waals surface area contributed by atoms with Crippen molar-refractivity contribution in [2.45, 2.75) is 64.7 Å². The number of methoxy groups -OCH3 is 1. The van der Waals surface area contributed by atoms with Crippen LogP contribution in [0.4, 0.5) is 9.18 Å². The molecule has 12 heteroatoms. The molecule has 2 fully saturated rings. The van der Waals surface area contributed by atoms with Crippen LogP contribution in [0.15, 0.2) is 18.5 Å². The van der Waals surface area contributed by atoms with E-state index in [0.29, 0.717) is 64.8 Å². The number of aliphatic hydroxyl groups is 1. The molecule has 2 atom stereocenters. The average Bonchev–Trinajstić information content (AvgIpc) is 3.67. The minimum Gasteiger partial charge on any atom is -0.494 e. The molecule has 11 nitrogen and oxygen atoms in total. The molecule has 5 rings (SSSR count). The van der Waals surface area contributed by atoms with Crippen molar-refractivity contribution < 1.29 is 33.3 Å². The van der Waals surface area contributed by atoms with Gasteiger partial charge >= 0.3 is 6.09 Å². The standard InChI is InChI=1S/C29H36FN5O6/c1-15-23(27(37)34-19-8-9-35(12-20(19)36)28(38)41-29(2,3)4)25-26(33-15)24(31-14-32-25)17-10-22(39-5)18(30)11-21(17)40-13-16-6-7-16/h10-11,14,16,19-20,33,36H,6-9,12-13H2,1-5H3,(H,34,37)/t19-,20-/m1/s1. The van der Waals surface area contributed by atoms with Crippen molar-refractivity contribution in [3.63, 3.8) is 0 Å². The predicted molar refractivity (Wildman–Crippen MR) is 148 cm³/mol. The summed E-state index contributed by atoms with van der Waals surface area (Å²) in [6, 6.07) is 2.25. The zero-order chi connectivity index (χ0) is 29.5. The van der Waals surface area contributed by atoms with Crippen molar-refractivity contribution >= 4 is 23.0 Å². The Bertz CT molecular complexity index is 1460. The van der Waals surface area contributed by atoms with E-state index in [-0.39, 0.29) is 12.3 Å². The summed E-state index contributed by atoms with van der Waals surface area (Å²) < 4.78 is 31.2. The molecule has 1 aliphatic carbocycles. The molecule has 1 aromatic carbocycles. The lowest BCUT2D eigenvalue weighted by molar-refractivity contribution is -0.00408. The van der Waals surface area contributed by atoms with Crippen LogP contribution in [0.25, 0.3) is 22.3 Å². The summed E-state index contributed by atoms with van der Waals surface area (Å²) in [5, 5.41) is 13.7. The number of likely N-dealkylation sites (tertiary alicyclic amines) is 1. The van der Waals surface area contributed by atoms with E-state index in [1.54, 1.807) is 27.7 Å². The highest BCUT2D eigenvalue weighted by atomic mass is 19.1. The number of aryl methyl sites for hydroxylation is 1. The largest absolute Gasteiger partial charge is 0.494 e. The van der Waals surface area contributed by atoms with Crippen molar-refractivity contribution in [3.8, 4) is 22.8 Å². The number of β-amino-alcohol motifs (C(OH)–C–C–N with tert-alkyl or cyclic N) is 1. The summed E-state index contributed by atoms with van der Waals surface area (Å²) in [6.07, 6.45) is 2.37. The number of H-pyrrole nitrogens is 1. The first kappa shape index (κ1) is 28.6. The number of halogens is 1. The Morgan fingerprint density at radius 1 is 1.20 bits per heavy atom. The second-order valence-corrected chi connectivity index (χ2v) is 11.7. The van der Waals surface area contributed by atoms with E-state index in [1.807, 2.05) is 0 Å². The number of carbonyl (C=O) groups is 2. The Kier molecular flexibility index (Phi) is 7.78. The first-order chi connectivity index (χ1) is 19.4. The number of piperidine rings is 1. The zero-order valence-corrected chi connectivity index (χ0v) is 23.9. The molecule has 1 saturated carbocycles. The molecule has 2 aromatic heterocycles. The summed E-state index contributed by atoms with van der Waals surface area (Å²) >= 11 is 0. The van der Waals surface area contributed by atoms with Gasteiger partial charge in [0.05, 0.1) is 43.5 Å². The lowest BCUT2D eigenvalue weighted by Crippen LogP contribution is -2.56. The van der Waals surface area contributed by atoms with Crippen LogP contribution in [0, 0.1) is 18.7 Å². The maximum absolute atomic E-state index is 14.6. The number of aromatic nitrogens is 3. The second-order valence-electron chi connectivity index (χ2n) is 11.7. The van der Waals surface area contributed by atoms with Crippen molar-refractivity contribution in [3.05, 3.63) is 35.5 Å². The molecule has 0 bridgehead atoms. The third kappa shape index (κ3) is 6.22. The molecule has 0 spiro atoms. The van der Waals surface area contributed by atoms with Gasteiger partial charge in [0.15, 0.2) is 11.6 Å². The Hall–Kier alpha value is -3.93. The Morgan fingerprint density at radius 2 is 1.95 bits per heavy atom. The lowest BCUT2D eigenvalue weighted by Gasteiger charge is -2.36. The number of carbonyl (C=O) groups excluding carboxylic acids is 2. The van der Waals surface area contributed by atoms with E-state index in [0.717, 1.165) is 12.8 Å². The normalized spacial score (nSPS) is 19.2. The Morgan fingerprint density at radius 3 is 2.61 bits per heavy atom. The fourth-order valence-electron chi connectivity index (χ4n) is 4.92. The van der Waals surface area contributed by atoms with Gasteiger partial charge in [-0.3, -0.25) is 4.79 Å². The molecule has 3 heterocycles. The quantitative estimate of drug-likeness (QED) is 0.389. The monoisotopic (exact) mass is 569 g/mol. The summed E-state index contributed by atoms with van der Waals surface area (Å²) in [6.45, 7) is 7.92. The topological polar surface area (TPSA) is 139 Å². The van der Waals surface area contributed by atoms with Crippen molar-refractivity contribution in [1.29, 1.82) is 0 Å². The Balaban J connectivity index is 1.39. The third-order valence-corrected chi connectivity index (χ3v) is 7.23. The van der Waals surface area contributed by atoms with E-state index in [4.69, 9.17) is 14.2 Å². The number of nitrogens with one attached hydrogen (secondary N) is 2. The Labute approximate surface area is 237 Å². The zero-order valence-electron chi connectivity index (χ0n) is 23.9. The van der Waals surface area contributed by atoms with Gasteiger partial charge < -0.3 is 34.5 Å². The molecule has 0 radical (unpaired) electrons. The van der Waals surface area contributed by atoms with Gasteiger partial charge in [0.2, 0.25) is 0 Å². The van der Waals surface area contributed by atoms with Gasteiger partial charge in [-0.25, -0.2) is 19.2 Å². The number of rotatable bonds is 7. The number of fused-ring (bicyclic) bond motifs is 1. The van der Waals surface area contributed by atoms with Crippen LogP contribution in [-0.4, -0.2) is 81.5 Å². The number of aromatic amines is 1. The molecule has 220 valence electrons. The van der Waals surface area contributed by atoms with Gasteiger partial charge in [-0.1, -0.05) is 0 Å².